The molecule has 2 atom stereocenters. The van der Waals surface area contributed by atoms with Crippen molar-refractivity contribution in [2.75, 3.05) is 13.2 Å². The van der Waals surface area contributed by atoms with Crippen molar-refractivity contribution in [3.8, 4) is 0 Å². The smallest absolute Gasteiger partial charge is 0.330 e. The van der Waals surface area contributed by atoms with Gasteiger partial charge in [-0.05, 0) is 19.8 Å². The molecule has 2 unspecified atom stereocenters. The zero-order chi connectivity index (χ0) is 13.6. The maximum atomic E-state index is 11.4. The maximum Gasteiger partial charge on any atom is 0.330 e. The summed E-state index contributed by atoms with van der Waals surface area (Å²) in [6, 6.07) is 0. The molecule has 0 aromatic rings. The van der Waals surface area contributed by atoms with E-state index in [1.807, 2.05) is 19.9 Å². The summed E-state index contributed by atoms with van der Waals surface area (Å²) < 4.78 is 9.98. The van der Waals surface area contributed by atoms with Crippen LogP contribution in [0.3, 0.4) is 0 Å². The highest BCUT2D eigenvalue weighted by molar-refractivity contribution is 5.82. The first kappa shape index (κ1) is 14.7. The zero-order valence-electron chi connectivity index (χ0n) is 11.4. The summed E-state index contributed by atoms with van der Waals surface area (Å²) in [5.74, 6) is -0.468. The van der Waals surface area contributed by atoms with E-state index >= 15 is 0 Å². The van der Waals surface area contributed by atoms with Crippen molar-refractivity contribution in [2.45, 2.75) is 40.0 Å². The molecule has 1 rings (SSSR count). The molecule has 0 aliphatic carbocycles. The molecule has 0 spiro atoms. The summed E-state index contributed by atoms with van der Waals surface area (Å²) in [4.78, 5) is 22.4. The Kier molecular flexibility index (Phi) is 5.38. The Balaban J connectivity index is 2.31. The van der Waals surface area contributed by atoms with E-state index in [9.17, 15) is 9.59 Å². The van der Waals surface area contributed by atoms with Crippen molar-refractivity contribution in [1.82, 2.24) is 0 Å². The Hall–Kier alpha value is -1.32. The maximum absolute atomic E-state index is 11.4. The fourth-order valence-corrected chi connectivity index (χ4v) is 1.97. The van der Waals surface area contributed by atoms with Crippen LogP contribution in [0.2, 0.25) is 0 Å². The topological polar surface area (TPSA) is 52.6 Å². The molecule has 1 aliphatic heterocycles. The lowest BCUT2D eigenvalue weighted by molar-refractivity contribution is -0.147. The normalized spacial score (nSPS) is 24.5. The first-order chi connectivity index (χ1) is 8.47. The molecule has 0 aromatic carbocycles. The number of ether oxygens (including phenoxy) is 2. The molecular weight excluding hydrogens is 232 g/mol. The average molecular weight is 254 g/mol. The number of carbonyl (C=O) groups is 2. The van der Waals surface area contributed by atoms with E-state index < -0.39 is 0 Å². The van der Waals surface area contributed by atoms with Crippen LogP contribution in [0.5, 0.6) is 0 Å². The van der Waals surface area contributed by atoms with Crippen LogP contribution in [0.15, 0.2) is 12.2 Å². The van der Waals surface area contributed by atoms with E-state index in [4.69, 9.17) is 9.47 Å². The van der Waals surface area contributed by atoms with Gasteiger partial charge in [-0.25, -0.2) is 4.79 Å². The largest absolute Gasteiger partial charge is 0.466 e. The zero-order valence-corrected chi connectivity index (χ0v) is 11.4. The second-order valence-corrected chi connectivity index (χ2v) is 5.14. The van der Waals surface area contributed by atoms with Gasteiger partial charge in [0, 0.05) is 11.5 Å². The van der Waals surface area contributed by atoms with Crippen molar-refractivity contribution in [3.63, 3.8) is 0 Å². The Labute approximate surface area is 108 Å². The fourth-order valence-electron chi connectivity index (χ4n) is 1.97. The summed E-state index contributed by atoms with van der Waals surface area (Å²) in [6.45, 7) is 6.62. The molecule has 0 fully saturated rings. The number of hydrogen-bond acceptors (Lipinski definition) is 4. The van der Waals surface area contributed by atoms with Crippen molar-refractivity contribution in [1.29, 1.82) is 0 Å². The van der Waals surface area contributed by atoms with Crippen molar-refractivity contribution < 1.29 is 19.1 Å². The van der Waals surface area contributed by atoms with Crippen molar-refractivity contribution in [2.24, 2.45) is 11.3 Å². The van der Waals surface area contributed by atoms with Gasteiger partial charge in [0.05, 0.1) is 12.5 Å². The molecule has 0 aromatic heterocycles. The molecule has 0 amide bonds. The van der Waals surface area contributed by atoms with Crippen LogP contribution in [-0.2, 0) is 19.1 Å². The van der Waals surface area contributed by atoms with Crippen LogP contribution in [0.4, 0.5) is 0 Å². The second kappa shape index (κ2) is 6.57. The number of rotatable bonds is 6. The lowest BCUT2D eigenvalue weighted by atomic mass is 9.83. The molecule has 4 heteroatoms. The summed E-state index contributed by atoms with van der Waals surface area (Å²) in [5.41, 5.74) is -0.0949. The quantitative estimate of drug-likeness (QED) is 0.683. The number of carbonyl (C=O) groups excluding carboxylic acids is 2. The van der Waals surface area contributed by atoms with E-state index in [-0.39, 0.29) is 23.3 Å². The minimum absolute atomic E-state index is 0.0660. The molecule has 18 heavy (non-hydrogen) atoms. The highest BCUT2D eigenvalue weighted by Gasteiger charge is 2.27. The van der Waals surface area contributed by atoms with Crippen LogP contribution in [0.1, 0.15) is 40.0 Å². The number of cyclic esters (lactones) is 1. The average Bonchev–Trinajstić information content (AvgIpc) is 2.33. The SMILES string of the molecule is CCOC(=O)C(C)CCCC1(C)C=CC(=O)OC1. The van der Waals surface area contributed by atoms with Gasteiger partial charge in [0.2, 0.25) is 0 Å². The molecular formula is C14H22O4. The van der Waals surface area contributed by atoms with Gasteiger partial charge in [0.15, 0.2) is 0 Å². The molecule has 4 nitrogen and oxygen atoms in total. The lowest BCUT2D eigenvalue weighted by Gasteiger charge is -2.28. The van der Waals surface area contributed by atoms with Crippen LogP contribution in [0, 0.1) is 11.3 Å². The Morgan fingerprint density at radius 3 is 2.89 bits per heavy atom. The Morgan fingerprint density at radius 1 is 1.61 bits per heavy atom. The van der Waals surface area contributed by atoms with Crippen LogP contribution >= 0.6 is 0 Å². The molecule has 0 radical (unpaired) electrons. The molecule has 0 saturated heterocycles. The van der Waals surface area contributed by atoms with Crippen LogP contribution in [0.25, 0.3) is 0 Å². The third-order valence-corrected chi connectivity index (χ3v) is 3.24. The van der Waals surface area contributed by atoms with E-state index in [0.29, 0.717) is 13.2 Å². The Bertz CT molecular complexity index is 335. The summed E-state index contributed by atoms with van der Waals surface area (Å²) >= 11 is 0. The monoisotopic (exact) mass is 254 g/mol. The van der Waals surface area contributed by atoms with E-state index in [1.54, 1.807) is 0 Å². The lowest BCUT2D eigenvalue weighted by Crippen LogP contribution is -2.27. The second-order valence-electron chi connectivity index (χ2n) is 5.14. The number of esters is 2. The van der Waals surface area contributed by atoms with Gasteiger partial charge in [-0.1, -0.05) is 26.3 Å². The van der Waals surface area contributed by atoms with Gasteiger partial charge >= 0.3 is 11.9 Å². The van der Waals surface area contributed by atoms with Gasteiger partial charge in [0.1, 0.15) is 6.61 Å². The van der Waals surface area contributed by atoms with Gasteiger partial charge < -0.3 is 9.47 Å². The molecule has 1 aliphatic rings. The van der Waals surface area contributed by atoms with Gasteiger partial charge in [-0.3, -0.25) is 4.79 Å². The molecule has 0 bridgehead atoms. The summed E-state index contributed by atoms with van der Waals surface area (Å²) in [6.07, 6.45) is 6.02. The predicted molar refractivity (Wildman–Crippen MR) is 67.9 cm³/mol. The minimum atomic E-state index is -0.271. The van der Waals surface area contributed by atoms with E-state index in [2.05, 4.69) is 6.92 Å². The predicted octanol–water partition coefficient (Wildman–Crippen LogP) is 2.48. The number of hydrogen-bond donors (Lipinski definition) is 0. The highest BCUT2D eigenvalue weighted by Crippen LogP contribution is 2.29. The van der Waals surface area contributed by atoms with Gasteiger partial charge in [-0.15, -0.1) is 0 Å². The van der Waals surface area contributed by atoms with Crippen molar-refractivity contribution >= 4 is 11.9 Å². The third kappa shape index (κ3) is 4.51. The molecule has 0 saturated carbocycles. The minimum Gasteiger partial charge on any atom is -0.466 e. The van der Waals surface area contributed by atoms with Crippen LogP contribution < -0.4 is 0 Å². The third-order valence-electron chi connectivity index (χ3n) is 3.24. The Morgan fingerprint density at radius 2 is 2.33 bits per heavy atom. The highest BCUT2D eigenvalue weighted by atomic mass is 16.5. The summed E-state index contributed by atoms with van der Waals surface area (Å²) in [5, 5.41) is 0. The van der Waals surface area contributed by atoms with E-state index in [1.165, 1.54) is 6.08 Å². The fraction of sp³-hybridized carbons (Fsp3) is 0.714. The van der Waals surface area contributed by atoms with Gasteiger partial charge in [-0.2, -0.15) is 0 Å². The first-order valence-electron chi connectivity index (χ1n) is 6.49. The first-order valence-corrected chi connectivity index (χ1v) is 6.49. The molecule has 0 N–H and O–H groups in total. The van der Waals surface area contributed by atoms with Gasteiger partial charge in [0.25, 0.3) is 0 Å². The molecule has 102 valence electrons. The van der Waals surface area contributed by atoms with E-state index in [0.717, 1.165) is 19.3 Å². The standard InChI is InChI=1S/C14H22O4/c1-4-17-13(16)11(2)6-5-8-14(3)9-7-12(15)18-10-14/h7,9,11H,4-6,8,10H2,1-3H3. The van der Waals surface area contributed by atoms with Crippen LogP contribution in [-0.4, -0.2) is 25.2 Å². The summed E-state index contributed by atoms with van der Waals surface area (Å²) in [7, 11) is 0. The molecule has 1 heterocycles. The van der Waals surface area contributed by atoms with Crippen molar-refractivity contribution in [3.05, 3.63) is 12.2 Å².